The molecule has 28 heavy (non-hydrogen) atoms. The molecule has 150 valence electrons. The average molecular weight is 399 g/mol. The quantitative estimate of drug-likeness (QED) is 0.580. The number of nitrogens with zero attached hydrogens (tertiary/aromatic N) is 2. The zero-order valence-corrected chi connectivity index (χ0v) is 17.3. The lowest BCUT2D eigenvalue weighted by Crippen LogP contribution is -2.22. The van der Waals surface area contributed by atoms with Crippen molar-refractivity contribution in [1.82, 2.24) is 9.97 Å². The Kier molecular flexibility index (Phi) is 6.69. The highest BCUT2D eigenvalue weighted by molar-refractivity contribution is 6.33. The van der Waals surface area contributed by atoms with Crippen LogP contribution < -0.4 is 10.6 Å². The summed E-state index contributed by atoms with van der Waals surface area (Å²) in [6, 6.07) is 4.75. The van der Waals surface area contributed by atoms with Crippen molar-refractivity contribution in [3.63, 3.8) is 0 Å². The van der Waals surface area contributed by atoms with E-state index in [0.29, 0.717) is 11.1 Å². The molecule has 0 radical (unpaired) electrons. The van der Waals surface area contributed by atoms with Crippen LogP contribution >= 0.6 is 11.6 Å². The third-order valence-corrected chi connectivity index (χ3v) is 6.48. The summed E-state index contributed by atoms with van der Waals surface area (Å²) in [6.07, 6.45) is 18.8. The number of pyridine rings is 2. The maximum absolute atomic E-state index is 6.49. The molecule has 0 spiro atoms. The van der Waals surface area contributed by atoms with E-state index in [1.54, 1.807) is 6.20 Å². The number of aromatic nitrogens is 2. The fourth-order valence-electron chi connectivity index (χ4n) is 4.53. The Morgan fingerprint density at radius 2 is 1.64 bits per heavy atom. The van der Waals surface area contributed by atoms with Gasteiger partial charge in [0.2, 0.25) is 0 Å². The number of hydrogen-bond donors (Lipinski definition) is 2. The first-order chi connectivity index (χ1) is 13.8. The molecule has 2 N–H and O–H groups in total. The first kappa shape index (κ1) is 19.5. The van der Waals surface area contributed by atoms with Crippen molar-refractivity contribution in [3.8, 4) is 11.1 Å². The van der Waals surface area contributed by atoms with Crippen LogP contribution in [-0.2, 0) is 0 Å². The zero-order valence-electron chi connectivity index (χ0n) is 16.6. The third kappa shape index (κ3) is 5.16. The second kappa shape index (κ2) is 9.60. The molecule has 0 bridgehead atoms. The van der Waals surface area contributed by atoms with E-state index < -0.39 is 0 Å². The van der Waals surface area contributed by atoms with Gasteiger partial charge in [-0.05, 0) is 43.7 Å². The molecule has 4 nitrogen and oxygen atoms in total. The molecule has 0 aliphatic heterocycles. The van der Waals surface area contributed by atoms with Gasteiger partial charge in [-0.1, -0.05) is 50.1 Å². The van der Waals surface area contributed by atoms with Crippen molar-refractivity contribution in [2.45, 2.75) is 70.3 Å². The number of hydrogen-bond acceptors (Lipinski definition) is 4. The fraction of sp³-hybridized carbons (Fsp3) is 0.565. The van der Waals surface area contributed by atoms with Crippen LogP contribution in [0.1, 0.15) is 64.2 Å². The topological polar surface area (TPSA) is 49.8 Å². The lowest BCUT2D eigenvalue weighted by atomic mass is 9.89. The Balaban J connectivity index is 1.45. The summed E-state index contributed by atoms with van der Waals surface area (Å²) >= 11 is 6.49. The SMILES string of the molecule is Clc1cnc(NC2CCCCC2)cc1-c1cncc(NCC2CCCCC2)c1. The summed E-state index contributed by atoms with van der Waals surface area (Å²) in [5, 5.41) is 7.85. The highest BCUT2D eigenvalue weighted by Crippen LogP contribution is 2.31. The Bertz CT molecular complexity index is 767. The van der Waals surface area contributed by atoms with E-state index in [0.717, 1.165) is 35.1 Å². The van der Waals surface area contributed by atoms with E-state index in [1.165, 1.54) is 64.2 Å². The molecule has 5 heteroatoms. The first-order valence-corrected chi connectivity index (χ1v) is 11.3. The molecule has 2 aliphatic carbocycles. The summed E-state index contributed by atoms with van der Waals surface area (Å²) in [5.41, 5.74) is 3.09. The summed E-state index contributed by atoms with van der Waals surface area (Å²) < 4.78 is 0. The van der Waals surface area contributed by atoms with Crippen LogP contribution in [-0.4, -0.2) is 22.6 Å². The molecule has 0 unspecified atom stereocenters. The Hall–Kier alpha value is -1.81. The van der Waals surface area contributed by atoms with Gasteiger partial charge in [0.1, 0.15) is 5.82 Å². The first-order valence-electron chi connectivity index (χ1n) is 10.9. The largest absolute Gasteiger partial charge is 0.384 e. The van der Waals surface area contributed by atoms with E-state index in [9.17, 15) is 0 Å². The van der Waals surface area contributed by atoms with E-state index in [2.05, 4.69) is 32.7 Å². The Labute approximate surface area is 173 Å². The number of rotatable bonds is 6. The minimum Gasteiger partial charge on any atom is -0.384 e. The molecule has 2 heterocycles. The molecule has 2 aromatic heterocycles. The van der Waals surface area contributed by atoms with Crippen molar-refractivity contribution in [2.24, 2.45) is 5.92 Å². The van der Waals surface area contributed by atoms with Crippen LogP contribution in [0.2, 0.25) is 5.02 Å². The second-order valence-electron chi connectivity index (χ2n) is 8.38. The molecule has 2 saturated carbocycles. The highest BCUT2D eigenvalue weighted by atomic mass is 35.5. The van der Waals surface area contributed by atoms with Gasteiger partial charge in [-0.2, -0.15) is 0 Å². The van der Waals surface area contributed by atoms with Gasteiger partial charge in [-0.3, -0.25) is 4.98 Å². The maximum Gasteiger partial charge on any atom is 0.126 e. The van der Waals surface area contributed by atoms with E-state index in [4.69, 9.17) is 11.6 Å². The predicted octanol–water partition coefficient (Wildman–Crippen LogP) is 6.53. The summed E-state index contributed by atoms with van der Waals surface area (Å²) in [6.45, 7) is 1.03. The van der Waals surface area contributed by atoms with Crippen LogP contribution in [0.15, 0.2) is 30.7 Å². The molecule has 0 aromatic carbocycles. The fourth-order valence-corrected chi connectivity index (χ4v) is 4.74. The second-order valence-corrected chi connectivity index (χ2v) is 8.78. The van der Waals surface area contributed by atoms with E-state index in [1.807, 2.05) is 12.4 Å². The van der Waals surface area contributed by atoms with E-state index in [-0.39, 0.29) is 0 Å². The Morgan fingerprint density at radius 1 is 0.893 bits per heavy atom. The average Bonchev–Trinajstić information content (AvgIpc) is 2.75. The number of anilines is 2. The normalized spacial score (nSPS) is 18.8. The molecule has 2 aromatic rings. The van der Waals surface area contributed by atoms with Gasteiger partial charge in [0.05, 0.1) is 10.7 Å². The van der Waals surface area contributed by atoms with Gasteiger partial charge >= 0.3 is 0 Å². The standard InChI is InChI=1S/C23H31ClN4/c24-22-16-27-23(28-19-9-5-2-6-10-19)12-21(22)18-11-20(15-25-14-18)26-13-17-7-3-1-4-8-17/h11-12,14-17,19,26H,1-10,13H2,(H,27,28). The number of nitrogens with one attached hydrogen (secondary N) is 2. The van der Waals surface area contributed by atoms with Crippen LogP contribution in [0.4, 0.5) is 11.5 Å². The van der Waals surface area contributed by atoms with Crippen LogP contribution in [0, 0.1) is 5.92 Å². The van der Waals surface area contributed by atoms with Gasteiger partial charge in [0.15, 0.2) is 0 Å². The Morgan fingerprint density at radius 3 is 2.43 bits per heavy atom. The monoisotopic (exact) mass is 398 g/mol. The van der Waals surface area contributed by atoms with Gasteiger partial charge in [0.25, 0.3) is 0 Å². The molecule has 0 atom stereocenters. The van der Waals surface area contributed by atoms with Gasteiger partial charge in [0, 0.05) is 42.3 Å². The zero-order chi connectivity index (χ0) is 19.2. The maximum atomic E-state index is 6.49. The third-order valence-electron chi connectivity index (χ3n) is 6.18. The lowest BCUT2D eigenvalue weighted by Gasteiger charge is -2.23. The summed E-state index contributed by atoms with van der Waals surface area (Å²) in [4.78, 5) is 8.95. The van der Waals surface area contributed by atoms with Crippen molar-refractivity contribution >= 4 is 23.1 Å². The highest BCUT2D eigenvalue weighted by Gasteiger charge is 2.16. The van der Waals surface area contributed by atoms with Crippen molar-refractivity contribution in [2.75, 3.05) is 17.2 Å². The molecule has 4 rings (SSSR count). The van der Waals surface area contributed by atoms with Crippen molar-refractivity contribution < 1.29 is 0 Å². The minimum atomic E-state index is 0.525. The minimum absolute atomic E-state index is 0.525. The predicted molar refractivity (Wildman–Crippen MR) is 118 cm³/mol. The van der Waals surface area contributed by atoms with Gasteiger partial charge in [-0.25, -0.2) is 4.98 Å². The smallest absolute Gasteiger partial charge is 0.126 e. The summed E-state index contributed by atoms with van der Waals surface area (Å²) in [7, 11) is 0. The van der Waals surface area contributed by atoms with Gasteiger partial charge < -0.3 is 10.6 Å². The van der Waals surface area contributed by atoms with Crippen LogP contribution in [0.3, 0.4) is 0 Å². The number of halogens is 1. The molecule has 2 fully saturated rings. The molecular weight excluding hydrogens is 368 g/mol. The molecule has 2 aliphatic rings. The molecule has 0 amide bonds. The van der Waals surface area contributed by atoms with E-state index >= 15 is 0 Å². The lowest BCUT2D eigenvalue weighted by molar-refractivity contribution is 0.373. The molecule has 0 saturated heterocycles. The summed E-state index contributed by atoms with van der Waals surface area (Å²) in [5.74, 6) is 1.69. The van der Waals surface area contributed by atoms with Crippen molar-refractivity contribution in [3.05, 3.63) is 35.7 Å². The van der Waals surface area contributed by atoms with Crippen LogP contribution in [0.5, 0.6) is 0 Å². The van der Waals surface area contributed by atoms with Gasteiger partial charge in [-0.15, -0.1) is 0 Å². The van der Waals surface area contributed by atoms with Crippen LogP contribution in [0.25, 0.3) is 11.1 Å². The molecular formula is C23H31ClN4. The van der Waals surface area contributed by atoms with Crippen molar-refractivity contribution in [1.29, 1.82) is 0 Å².